The van der Waals surface area contributed by atoms with E-state index in [4.69, 9.17) is 0 Å². The van der Waals surface area contributed by atoms with Crippen LogP contribution in [0.4, 0.5) is 5.00 Å². The van der Waals surface area contributed by atoms with Gasteiger partial charge in [0.1, 0.15) is 5.00 Å². The average Bonchev–Trinajstić information content (AvgIpc) is 2.78. The topological polar surface area (TPSA) is 42.2 Å². The molecular weight excluding hydrogens is 196 g/mol. The number of anilines is 1. The molecule has 0 aliphatic heterocycles. The molecule has 0 aromatic carbocycles. The molecule has 0 aliphatic rings. The Morgan fingerprint density at radius 2 is 2.57 bits per heavy atom. The molecule has 2 rings (SSSR count). The summed E-state index contributed by atoms with van der Waals surface area (Å²) in [4.78, 5) is 4.11. The first-order chi connectivity index (χ1) is 6.86. The quantitative estimate of drug-likeness (QED) is 0.616. The number of imidazole rings is 1. The van der Waals surface area contributed by atoms with Crippen LogP contribution in [-0.2, 0) is 7.05 Å². The van der Waals surface area contributed by atoms with Crippen molar-refractivity contribution in [2.75, 3.05) is 5.43 Å². The molecular formula is C9H10N4S. The van der Waals surface area contributed by atoms with Crippen LogP contribution in [0.15, 0.2) is 35.0 Å². The van der Waals surface area contributed by atoms with Crippen molar-refractivity contribution in [2.45, 2.75) is 0 Å². The molecule has 0 radical (unpaired) electrons. The van der Waals surface area contributed by atoms with Gasteiger partial charge in [-0.25, -0.2) is 4.98 Å². The Morgan fingerprint density at radius 1 is 1.64 bits per heavy atom. The lowest BCUT2D eigenvalue weighted by Gasteiger charge is -1.94. The molecule has 0 bridgehead atoms. The first-order valence-electron chi connectivity index (χ1n) is 4.16. The summed E-state index contributed by atoms with van der Waals surface area (Å²) in [5.74, 6) is 0.828. The Hall–Kier alpha value is -1.62. The first-order valence-corrected chi connectivity index (χ1v) is 5.04. The fraction of sp³-hybridized carbons (Fsp3) is 0.111. The van der Waals surface area contributed by atoms with E-state index in [1.807, 2.05) is 35.3 Å². The molecule has 72 valence electrons. The Morgan fingerprint density at radius 3 is 3.21 bits per heavy atom. The van der Waals surface area contributed by atoms with Gasteiger partial charge in [0.2, 0.25) is 0 Å². The van der Waals surface area contributed by atoms with E-state index in [1.165, 1.54) is 0 Å². The maximum atomic E-state index is 4.11. The third-order valence-electron chi connectivity index (χ3n) is 1.73. The van der Waals surface area contributed by atoms with Gasteiger partial charge in [0.15, 0.2) is 5.82 Å². The second-order valence-electron chi connectivity index (χ2n) is 2.74. The SMILES string of the molecule is Cn1ccnc1C=NNc1cccs1. The van der Waals surface area contributed by atoms with Crippen LogP contribution in [0, 0.1) is 0 Å². The third-order valence-corrected chi connectivity index (χ3v) is 2.51. The van der Waals surface area contributed by atoms with Crippen LogP contribution in [0.5, 0.6) is 0 Å². The summed E-state index contributed by atoms with van der Waals surface area (Å²) in [7, 11) is 1.93. The molecule has 0 amide bonds. The summed E-state index contributed by atoms with van der Waals surface area (Å²) < 4.78 is 1.90. The standard InChI is InChI=1S/C9H10N4S/c1-13-5-4-10-8(13)7-11-12-9-3-2-6-14-9/h2-7,12H,1H3. The molecule has 1 N–H and O–H groups in total. The molecule has 0 saturated carbocycles. The van der Waals surface area contributed by atoms with Gasteiger partial charge in [-0.2, -0.15) is 5.10 Å². The van der Waals surface area contributed by atoms with Gasteiger partial charge in [-0.05, 0) is 17.5 Å². The number of nitrogens with zero attached hydrogens (tertiary/aromatic N) is 3. The van der Waals surface area contributed by atoms with E-state index < -0.39 is 0 Å². The van der Waals surface area contributed by atoms with Gasteiger partial charge in [-0.1, -0.05) is 0 Å². The van der Waals surface area contributed by atoms with Gasteiger partial charge >= 0.3 is 0 Å². The van der Waals surface area contributed by atoms with Crippen LogP contribution >= 0.6 is 11.3 Å². The highest BCUT2D eigenvalue weighted by Gasteiger charge is 1.92. The zero-order valence-corrected chi connectivity index (χ0v) is 8.53. The smallest absolute Gasteiger partial charge is 0.152 e. The first kappa shape index (κ1) is 8.96. The second-order valence-corrected chi connectivity index (χ2v) is 3.69. The zero-order valence-electron chi connectivity index (χ0n) is 7.71. The molecule has 0 fully saturated rings. The number of hydrazone groups is 1. The zero-order chi connectivity index (χ0) is 9.80. The molecule has 2 heterocycles. The van der Waals surface area contributed by atoms with Gasteiger partial charge < -0.3 is 4.57 Å². The van der Waals surface area contributed by atoms with Crippen LogP contribution < -0.4 is 5.43 Å². The van der Waals surface area contributed by atoms with Crippen molar-refractivity contribution in [1.29, 1.82) is 0 Å². The fourth-order valence-electron chi connectivity index (χ4n) is 0.997. The van der Waals surface area contributed by atoms with Crippen molar-refractivity contribution in [3.8, 4) is 0 Å². The van der Waals surface area contributed by atoms with Gasteiger partial charge in [0.05, 0.1) is 6.21 Å². The molecule has 14 heavy (non-hydrogen) atoms. The monoisotopic (exact) mass is 206 g/mol. The van der Waals surface area contributed by atoms with E-state index in [0.29, 0.717) is 0 Å². The summed E-state index contributed by atoms with van der Waals surface area (Å²) in [6.45, 7) is 0. The number of aromatic nitrogens is 2. The van der Waals surface area contributed by atoms with E-state index in [1.54, 1.807) is 23.7 Å². The predicted octanol–water partition coefficient (Wildman–Crippen LogP) is 1.93. The van der Waals surface area contributed by atoms with Crippen molar-refractivity contribution in [2.24, 2.45) is 12.1 Å². The molecule has 0 aliphatic carbocycles. The van der Waals surface area contributed by atoms with Crippen molar-refractivity contribution in [3.63, 3.8) is 0 Å². The van der Waals surface area contributed by atoms with Crippen LogP contribution in [0.3, 0.4) is 0 Å². The maximum absolute atomic E-state index is 4.11. The molecule has 5 heteroatoms. The number of hydrogen-bond acceptors (Lipinski definition) is 4. The van der Waals surface area contributed by atoms with E-state index in [0.717, 1.165) is 10.8 Å². The fourth-order valence-corrected chi connectivity index (χ4v) is 1.56. The van der Waals surface area contributed by atoms with Crippen molar-refractivity contribution in [3.05, 3.63) is 35.7 Å². The number of rotatable bonds is 3. The van der Waals surface area contributed by atoms with Crippen LogP contribution in [0.2, 0.25) is 0 Å². The minimum Gasteiger partial charge on any atom is -0.333 e. The summed E-state index contributed by atoms with van der Waals surface area (Å²) >= 11 is 1.61. The maximum Gasteiger partial charge on any atom is 0.152 e. The van der Waals surface area contributed by atoms with Crippen molar-refractivity contribution >= 4 is 22.6 Å². The minimum absolute atomic E-state index is 0.828. The average molecular weight is 206 g/mol. The Labute approximate surface area is 85.9 Å². The summed E-state index contributed by atoms with van der Waals surface area (Å²) in [5.41, 5.74) is 2.92. The third kappa shape index (κ3) is 2.00. The Bertz CT molecular complexity index is 416. The molecule has 0 spiro atoms. The van der Waals surface area contributed by atoms with Crippen LogP contribution in [0.1, 0.15) is 5.82 Å². The number of hydrogen-bond donors (Lipinski definition) is 1. The van der Waals surface area contributed by atoms with E-state index >= 15 is 0 Å². The van der Waals surface area contributed by atoms with Crippen LogP contribution in [0.25, 0.3) is 0 Å². The van der Waals surface area contributed by atoms with Gasteiger partial charge in [-0.3, -0.25) is 5.43 Å². The molecule has 4 nitrogen and oxygen atoms in total. The summed E-state index contributed by atoms with van der Waals surface area (Å²) in [5, 5.41) is 7.09. The minimum atomic E-state index is 0.828. The largest absolute Gasteiger partial charge is 0.333 e. The van der Waals surface area contributed by atoms with Gasteiger partial charge in [0.25, 0.3) is 0 Å². The highest BCUT2D eigenvalue weighted by atomic mass is 32.1. The molecule has 2 aromatic heterocycles. The van der Waals surface area contributed by atoms with Crippen molar-refractivity contribution in [1.82, 2.24) is 9.55 Å². The lowest BCUT2D eigenvalue weighted by molar-refractivity contribution is 0.901. The highest BCUT2D eigenvalue weighted by molar-refractivity contribution is 7.14. The Kier molecular flexibility index (Phi) is 2.60. The lowest BCUT2D eigenvalue weighted by Crippen LogP contribution is -1.96. The van der Waals surface area contributed by atoms with E-state index in [-0.39, 0.29) is 0 Å². The summed E-state index contributed by atoms with van der Waals surface area (Å²) in [6.07, 6.45) is 5.32. The van der Waals surface area contributed by atoms with E-state index in [9.17, 15) is 0 Å². The predicted molar refractivity (Wildman–Crippen MR) is 58.7 cm³/mol. The molecule has 0 unspecified atom stereocenters. The normalized spacial score (nSPS) is 10.9. The lowest BCUT2D eigenvalue weighted by atomic mass is 10.6. The molecule has 0 atom stereocenters. The number of nitrogens with one attached hydrogen (secondary N) is 1. The molecule has 0 saturated heterocycles. The van der Waals surface area contributed by atoms with Crippen LogP contribution in [-0.4, -0.2) is 15.8 Å². The second kappa shape index (κ2) is 4.06. The summed E-state index contributed by atoms with van der Waals surface area (Å²) in [6, 6.07) is 3.95. The van der Waals surface area contributed by atoms with Crippen molar-refractivity contribution < 1.29 is 0 Å². The number of aryl methyl sites for hydroxylation is 1. The van der Waals surface area contributed by atoms with Gasteiger partial charge in [0, 0.05) is 19.4 Å². The Balaban J connectivity index is 1.99. The van der Waals surface area contributed by atoms with E-state index in [2.05, 4.69) is 15.5 Å². The number of thiophene rings is 1. The van der Waals surface area contributed by atoms with Gasteiger partial charge in [-0.15, -0.1) is 11.3 Å². The molecule has 2 aromatic rings. The highest BCUT2D eigenvalue weighted by Crippen LogP contribution is 2.14.